The first-order valence-electron chi connectivity index (χ1n) is 10.1. The number of benzene rings is 2. The Kier molecular flexibility index (Phi) is 6.09. The van der Waals surface area contributed by atoms with E-state index in [4.69, 9.17) is 14.2 Å². The van der Waals surface area contributed by atoms with Crippen LogP contribution in [0.4, 0.5) is 4.39 Å². The van der Waals surface area contributed by atoms with E-state index < -0.39 is 23.5 Å². The van der Waals surface area contributed by atoms with E-state index in [1.807, 2.05) is 34.6 Å². The number of hydrogen-bond acceptors (Lipinski definition) is 5. The topological polar surface area (TPSA) is 65.0 Å². The first kappa shape index (κ1) is 22.1. The minimum atomic E-state index is -1.08. The summed E-state index contributed by atoms with van der Waals surface area (Å²) in [6.45, 7) is 9.69. The van der Waals surface area contributed by atoms with Gasteiger partial charge in [-0.25, -0.2) is 9.18 Å². The minimum Gasteiger partial charge on any atom is -0.507 e. The molecule has 3 rings (SSSR count). The summed E-state index contributed by atoms with van der Waals surface area (Å²) in [5.74, 6) is -0.851. The normalized spacial score (nSPS) is 14.6. The molecule has 0 fully saturated rings. The number of carbonyl (C=O) groups is 1. The Hall–Kier alpha value is -2.60. The number of carbonyl (C=O) groups excluding carboxylic acids is 1. The van der Waals surface area contributed by atoms with Crippen LogP contribution < -0.4 is 4.74 Å². The highest BCUT2D eigenvalue weighted by Crippen LogP contribution is 2.45. The van der Waals surface area contributed by atoms with Crippen molar-refractivity contribution in [3.05, 3.63) is 46.3 Å². The number of phenolic OH excluding ortho intramolecular Hbond substituents is 1. The molecule has 162 valence electrons. The predicted octanol–water partition coefficient (Wildman–Crippen LogP) is 5.17. The lowest BCUT2D eigenvalue weighted by molar-refractivity contribution is -0.164. The molecule has 2 aromatic rings. The average Bonchev–Trinajstić information content (AvgIpc) is 2.69. The molecular weight excluding hydrogens is 387 g/mol. The molecule has 1 aliphatic heterocycles. The van der Waals surface area contributed by atoms with Crippen LogP contribution in [0.25, 0.3) is 11.1 Å². The summed E-state index contributed by atoms with van der Waals surface area (Å²) in [7, 11) is 1.29. The highest BCUT2D eigenvalue weighted by molar-refractivity contribution is 5.86. The molecule has 0 bridgehead atoms. The molecular formula is C24H29FO5. The van der Waals surface area contributed by atoms with Gasteiger partial charge in [-0.3, -0.25) is 0 Å². The smallest absolute Gasteiger partial charge is 0.339 e. The summed E-state index contributed by atoms with van der Waals surface area (Å²) in [4.78, 5) is 12.7. The third-order valence-corrected chi connectivity index (χ3v) is 5.30. The van der Waals surface area contributed by atoms with Crippen LogP contribution in [-0.4, -0.2) is 30.4 Å². The summed E-state index contributed by atoms with van der Waals surface area (Å²) < 4.78 is 31.5. The second-order valence-corrected chi connectivity index (χ2v) is 8.61. The number of ether oxygens (including phenoxy) is 3. The van der Waals surface area contributed by atoms with E-state index in [2.05, 4.69) is 0 Å². The lowest BCUT2D eigenvalue weighted by atomic mass is 9.86. The predicted molar refractivity (Wildman–Crippen MR) is 112 cm³/mol. The summed E-state index contributed by atoms with van der Waals surface area (Å²) in [6.07, 6.45) is 0.403. The third-order valence-electron chi connectivity index (χ3n) is 5.30. The van der Waals surface area contributed by atoms with Gasteiger partial charge in [0.05, 0.1) is 19.3 Å². The van der Waals surface area contributed by atoms with Gasteiger partial charge in [0.25, 0.3) is 0 Å². The Morgan fingerprint density at radius 2 is 1.97 bits per heavy atom. The third kappa shape index (κ3) is 4.15. The molecule has 6 heteroatoms. The number of phenols is 1. The molecule has 1 aliphatic rings. The molecule has 0 saturated carbocycles. The zero-order valence-corrected chi connectivity index (χ0v) is 18.4. The van der Waals surface area contributed by atoms with E-state index in [0.717, 1.165) is 23.1 Å². The second-order valence-electron chi connectivity index (χ2n) is 8.61. The van der Waals surface area contributed by atoms with Crippen LogP contribution in [0.2, 0.25) is 0 Å². The molecule has 0 radical (unpaired) electrons. The molecule has 0 spiro atoms. The van der Waals surface area contributed by atoms with Gasteiger partial charge in [0.2, 0.25) is 0 Å². The van der Waals surface area contributed by atoms with E-state index in [1.54, 1.807) is 12.1 Å². The number of rotatable bonds is 4. The van der Waals surface area contributed by atoms with Gasteiger partial charge in [-0.1, -0.05) is 6.07 Å². The van der Waals surface area contributed by atoms with E-state index in [-0.39, 0.29) is 11.5 Å². The highest BCUT2D eigenvalue weighted by Gasteiger charge is 2.34. The monoisotopic (exact) mass is 416 g/mol. The quantitative estimate of drug-likeness (QED) is 0.697. The van der Waals surface area contributed by atoms with E-state index in [1.165, 1.54) is 13.2 Å². The zero-order chi connectivity index (χ0) is 22.2. The molecule has 1 heterocycles. The summed E-state index contributed by atoms with van der Waals surface area (Å²) in [5.41, 5.74) is 3.03. The van der Waals surface area contributed by atoms with Gasteiger partial charge < -0.3 is 19.3 Å². The number of aryl methyl sites for hydroxylation is 1. The fourth-order valence-corrected chi connectivity index (χ4v) is 3.94. The molecule has 0 aliphatic carbocycles. The number of fused-ring (bicyclic) bond motifs is 1. The van der Waals surface area contributed by atoms with Crippen molar-refractivity contribution in [1.29, 1.82) is 0 Å². The fraction of sp³-hybridized carbons (Fsp3) is 0.458. The van der Waals surface area contributed by atoms with Gasteiger partial charge in [0, 0.05) is 16.7 Å². The molecule has 2 aromatic carbocycles. The van der Waals surface area contributed by atoms with Crippen molar-refractivity contribution in [3.63, 3.8) is 0 Å². The Labute approximate surface area is 176 Å². The number of methoxy groups -OCH3 is 1. The summed E-state index contributed by atoms with van der Waals surface area (Å²) >= 11 is 0. The van der Waals surface area contributed by atoms with Gasteiger partial charge in [-0.15, -0.1) is 0 Å². The maximum atomic E-state index is 14.9. The number of hydrogen-bond donors (Lipinski definition) is 1. The van der Waals surface area contributed by atoms with Crippen LogP contribution in [0.3, 0.4) is 0 Å². The molecule has 1 atom stereocenters. The van der Waals surface area contributed by atoms with Gasteiger partial charge >= 0.3 is 5.97 Å². The Bertz CT molecular complexity index is 975. The largest absolute Gasteiger partial charge is 0.507 e. The van der Waals surface area contributed by atoms with E-state index in [0.29, 0.717) is 29.7 Å². The number of esters is 1. The van der Waals surface area contributed by atoms with Crippen molar-refractivity contribution in [2.75, 3.05) is 13.7 Å². The second kappa shape index (κ2) is 8.26. The van der Waals surface area contributed by atoms with Gasteiger partial charge in [0.15, 0.2) is 17.7 Å². The number of halogens is 1. The average molecular weight is 416 g/mol. The van der Waals surface area contributed by atoms with Crippen LogP contribution in [-0.2, 0) is 20.7 Å². The Morgan fingerprint density at radius 3 is 2.60 bits per heavy atom. The molecule has 0 aromatic heterocycles. The molecule has 30 heavy (non-hydrogen) atoms. The van der Waals surface area contributed by atoms with Crippen LogP contribution in [0.15, 0.2) is 18.2 Å². The molecule has 5 nitrogen and oxygen atoms in total. The van der Waals surface area contributed by atoms with Gasteiger partial charge in [0.1, 0.15) is 5.75 Å². The minimum absolute atomic E-state index is 0.0545. The lowest BCUT2D eigenvalue weighted by Crippen LogP contribution is -2.29. The Balaban J connectivity index is 2.31. The van der Waals surface area contributed by atoms with E-state index >= 15 is 0 Å². The lowest BCUT2D eigenvalue weighted by Gasteiger charge is -2.30. The van der Waals surface area contributed by atoms with Crippen LogP contribution in [0.5, 0.6) is 11.5 Å². The fourth-order valence-electron chi connectivity index (χ4n) is 3.94. The van der Waals surface area contributed by atoms with Crippen molar-refractivity contribution >= 4 is 5.97 Å². The summed E-state index contributed by atoms with van der Waals surface area (Å²) in [6, 6.07) is 4.62. The maximum absolute atomic E-state index is 14.9. The van der Waals surface area contributed by atoms with Gasteiger partial charge in [-0.2, -0.15) is 0 Å². The Morgan fingerprint density at radius 1 is 1.27 bits per heavy atom. The SMILES string of the molecule is COC(=O)C(OC(C)(C)C)c1c(C)ccc(O)c1-c1cc(F)c2c(c1C)CCCO2. The number of aromatic hydroxyl groups is 1. The van der Waals surface area contributed by atoms with Crippen LogP contribution in [0, 0.1) is 19.7 Å². The highest BCUT2D eigenvalue weighted by atomic mass is 19.1. The molecule has 1 unspecified atom stereocenters. The van der Waals surface area contributed by atoms with Crippen LogP contribution in [0.1, 0.15) is 55.5 Å². The van der Waals surface area contributed by atoms with Crippen molar-refractivity contribution < 1.29 is 28.5 Å². The molecule has 1 N–H and O–H groups in total. The van der Waals surface area contributed by atoms with Crippen molar-refractivity contribution in [2.45, 2.75) is 59.2 Å². The van der Waals surface area contributed by atoms with Crippen molar-refractivity contribution in [1.82, 2.24) is 0 Å². The maximum Gasteiger partial charge on any atom is 0.339 e. The van der Waals surface area contributed by atoms with Crippen molar-refractivity contribution in [2.24, 2.45) is 0 Å². The molecule has 0 saturated heterocycles. The first-order chi connectivity index (χ1) is 14.0. The van der Waals surface area contributed by atoms with Gasteiger partial charge in [-0.05, 0) is 76.3 Å². The standard InChI is InChI=1S/C24H29FO5/c1-13-9-10-18(26)20(19(13)22(23(27)28-6)30-24(3,4)5)16-12-17(25)21-15(14(16)2)8-7-11-29-21/h9-10,12,22,26H,7-8,11H2,1-6H3. The van der Waals surface area contributed by atoms with E-state index in [9.17, 15) is 14.3 Å². The first-order valence-corrected chi connectivity index (χ1v) is 10.1. The summed E-state index contributed by atoms with van der Waals surface area (Å²) in [5, 5.41) is 10.8. The van der Waals surface area contributed by atoms with Crippen molar-refractivity contribution in [3.8, 4) is 22.6 Å². The van der Waals surface area contributed by atoms with Crippen LogP contribution >= 0.6 is 0 Å². The molecule has 0 amide bonds. The zero-order valence-electron chi connectivity index (χ0n) is 18.4.